The average Bonchev–Trinajstić information content (AvgIpc) is 3.22. The van der Waals surface area contributed by atoms with Crippen molar-refractivity contribution in [2.45, 2.75) is 26.2 Å². The van der Waals surface area contributed by atoms with Gasteiger partial charge in [-0.3, -0.25) is 9.69 Å². The number of hydrogen-bond acceptors (Lipinski definition) is 4. The molecule has 3 fully saturated rings. The molecule has 3 aliphatic rings. The van der Waals surface area contributed by atoms with E-state index in [1.165, 1.54) is 0 Å². The molecule has 158 valence electrons. The number of rotatable bonds is 4. The zero-order valence-electron chi connectivity index (χ0n) is 17.5. The summed E-state index contributed by atoms with van der Waals surface area (Å²) in [4.78, 5) is 30.0. The van der Waals surface area contributed by atoms with Crippen LogP contribution in [0.3, 0.4) is 0 Å². The van der Waals surface area contributed by atoms with Crippen molar-refractivity contribution in [3.63, 3.8) is 0 Å². The van der Waals surface area contributed by atoms with Crippen LogP contribution in [0.5, 0.6) is 0 Å². The summed E-state index contributed by atoms with van der Waals surface area (Å²) < 4.78 is 5.27. The molecule has 7 heteroatoms. The van der Waals surface area contributed by atoms with Gasteiger partial charge in [0.05, 0.1) is 12.0 Å². The molecule has 1 aromatic rings. The third-order valence-electron chi connectivity index (χ3n) is 7.20. The smallest absolute Gasteiger partial charge is 0.321 e. The van der Waals surface area contributed by atoms with Crippen molar-refractivity contribution in [1.29, 1.82) is 0 Å². The predicted molar refractivity (Wildman–Crippen MR) is 112 cm³/mol. The first-order valence-corrected chi connectivity index (χ1v) is 10.6. The third kappa shape index (κ3) is 3.62. The van der Waals surface area contributed by atoms with E-state index in [1.54, 1.807) is 7.11 Å². The molecule has 3 amide bonds. The lowest BCUT2D eigenvalue weighted by Gasteiger charge is -2.46. The molecule has 2 spiro atoms. The number of urea groups is 1. The van der Waals surface area contributed by atoms with Gasteiger partial charge >= 0.3 is 6.03 Å². The second-order valence-electron chi connectivity index (χ2n) is 8.86. The van der Waals surface area contributed by atoms with E-state index in [2.05, 4.69) is 15.5 Å². The number of carbonyl (C=O) groups is 2. The number of likely N-dealkylation sites (tertiary alicyclic amines) is 2. The van der Waals surface area contributed by atoms with Gasteiger partial charge in [0.2, 0.25) is 5.91 Å². The van der Waals surface area contributed by atoms with E-state index in [0.29, 0.717) is 19.7 Å². The highest BCUT2D eigenvalue weighted by atomic mass is 16.5. The van der Waals surface area contributed by atoms with E-state index in [9.17, 15) is 9.59 Å². The lowest BCUT2D eigenvalue weighted by molar-refractivity contribution is -0.133. The Bertz CT molecular complexity index is 775. The Balaban J connectivity index is 1.44. The van der Waals surface area contributed by atoms with E-state index in [4.69, 9.17) is 4.74 Å². The minimum absolute atomic E-state index is 0.0513. The number of nitrogens with one attached hydrogen (secondary N) is 2. The van der Waals surface area contributed by atoms with Crippen LogP contribution in [0.4, 0.5) is 10.5 Å². The number of methoxy groups -OCH3 is 1. The zero-order valence-corrected chi connectivity index (χ0v) is 17.5. The fourth-order valence-electron chi connectivity index (χ4n) is 5.59. The van der Waals surface area contributed by atoms with Gasteiger partial charge in [-0.1, -0.05) is 12.1 Å². The van der Waals surface area contributed by atoms with Crippen LogP contribution in [0.25, 0.3) is 0 Å². The molecule has 0 radical (unpaired) electrons. The predicted octanol–water partition coefficient (Wildman–Crippen LogP) is 2.08. The fourth-order valence-corrected chi connectivity index (χ4v) is 5.59. The Morgan fingerprint density at radius 2 is 2.03 bits per heavy atom. The van der Waals surface area contributed by atoms with Crippen molar-refractivity contribution < 1.29 is 14.3 Å². The Labute approximate surface area is 172 Å². The van der Waals surface area contributed by atoms with Gasteiger partial charge in [0.15, 0.2) is 0 Å². The van der Waals surface area contributed by atoms with Crippen molar-refractivity contribution in [3.05, 3.63) is 29.8 Å². The Morgan fingerprint density at radius 3 is 2.69 bits per heavy atom. The maximum absolute atomic E-state index is 12.9. The van der Waals surface area contributed by atoms with Gasteiger partial charge in [0.1, 0.15) is 0 Å². The largest absolute Gasteiger partial charge is 0.383 e. The summed E-state index contributed by atoms with van der Waals surface area (Å²) in [5.74, 6) is 0.204. The maximum Gasteiger partial charge on any atom is 0.321 e. The van der Waals surface area contributed by atoms with Crippen molar-refractivity contribution in [2.24, 2.45) is 10.8 Å². The van der Waals surface area contributed by atoms with E-state index in [-0.39, 0.29) is 22.8 Å². The Morgan fingerprint density at radius 1 is 1.24 bits per heavy atom. The molecule has 2 N–H and O–H groups in total. The van der Waals surface area contributed by atoms with Crippen molar-refractivity contribution in [3.8, 4) is 0 Å². The molecule has 7 nitrogen and oxygen atoms in total. The standard InChI is InChI=1S/C22H32N4O3/c1-17-4-3-5-18(14-17)24-20(28)26-10-7-21(8-11-26)15-25(12-13-29-2)16-22(21)6-9-23-19(22)27/h3-5,14H,6-13,15-16H2,1-2H3,(H,23,27)(H,24,28)/t22-/m1/s1. The summed E-state index contributed by atoms with van der Waals surface area (Å²) >= 11 is 0. The van der Waals surface area contributed by atoms with Crippen LogP contribution in [0.2, 0.25) is 0 Å². The first-order valence-electron chi connectivity index (χ1n) is 10.6. The van der Waals surface area contributed by atoms with Crippen molar-refractivity contribution >= 4 is 17.6 Å². The van der Waals surface area contributed by atoms with Gasteiger partial charge in [-0.15, -0.1) is 0 Å². The normalized spacial score (nSPS) is 26.3. The van der Waals surface area contributed by atoms with Crippen molar-refractivity contribution in [2.75, 3.05) is 58.3 Å². The molecule has 3 aliphatic heterocycles. The van der Waals surface area contributed by atoms with Crippen molar-refractivity contribution in [1.82, 2.24) is 15.1 Å². The molecule has 1 atom stereocenters. The number of hydrogen-bond donors (Lipinski definition) is 2. The first kappa shape index (κ1) is 20.2. The molecule has 0 aliphatic carbocycles. The van der Waals surface area contributed by atoms with E-state index < -0.39 is 0 Å². The number of piperidine rings is 1. The summed E-state index contributed by atoms with van der Waals surface area (Å²) in [5.41, 5.74) is 1.58. The molecule has 0 aromatic heterocycles. The van der Waals surface area contributed by atoms with Gasteiger partial charge in [0, 0.05) is 57.5 Å². The van der Waals surface area contributed by atoms with Crippen LogP contribution >= 0.6 is 0 Å². The summed E-state index contributed by atoms with van der Waals surface area (Å²) in [7, 11) is 1.72. The summed E-state index contributed by atoms with van der Waals surface area (Å²) in [6.45, 7) is 7.39. The molecular weight excluding hydrogens is 368 g/mol. The summed E-state index contributed by atoms with van der Waals surface area (Å²) in [6.07, 6.45) is 2.63. The quantitative estimate of drug-likeness (QED) is 0.812. The molecule has 4 rings (SSSR count). The summed E-state index contributed by atoms with van der Waals surface area (Å²) in [6, 6.07) is 7.81. The van der Waals surface area contributed by atoms with E-state index in [1.807, 2.05) is 36.1 Å². The monoisotopic (exact) mass is 400 g/mol. The minimum Gasteiger partial charge on any atom is -0.383 e. The van der Waals surface area contributed by atoms with Gasteiger partial charge < -0.3 is 20.3 Å². The van der Waals surface area contributed by atoms with Crippen LogP contribution in [-0.2, 0) is 9.53 Å². The second kappa shape index (κ2) is 7.95. The lowest BCUT2D eigenvalue weighted by atomic mass is 9.60. The highest BCUT2D eigenvalue weighted by molar-refractivity contribution is 5.90. The van der Waals surface area contributed by atoms with Gasteiger partial charge in [0.25, 0.3) is 0 Å². The molecule has 3 heterocycles. The third-order valence-corrected chi connectivity index (χ3v) is 7.20. The topological polar surface area (TPSA) is 73.9 Å². The number of benzene rings is 1. The molecule has 0 unspecified atom stereocenters. The molecule has 0 saturated carbocycles. The van der Waals surface area contributed by atoms with E-state index in [0.717, 1.165) is 56.7 Å². The second-order valence-corrected chi connectivity index (χ2v) is 8.86. The highest BCUT2D eigenvalue weighted by Gasteiger charge is 2.63. The lowest BCUT2D eigenvalue weighted by Crippen LogP contribution is -2.53. The van der Waals surface area contributed by atoms with Crippen LogP contribution in [0.15, 0.2) is 24.3 Å². The molecule has 3 saturated heterocycles. The van der Waals surface area contributed by atoms with Crippen LogP contribution in [-0.4, -0.2) is 74.7 Å². The SMILES string of the molecule is COCCN1CC2(CCN(C(=O)Nc3cccc(C)c3)CC2)[C@]2(CCNC2=O)C1. The number of amides is 3. The number of carbonyl (C=O) groups excluding carboxylic acids is 2. The summed E-state index contributed by atoms with van der Waals surface area (Å²) in [5, 5.41) is 6.10. The first-order chi connectivity index (χ1) is 14.0. The zero-order chi connectivity index (χ0) is 20.5. The van der Waals surface area contributed by atoms with Gasteiger partial charge in [-0.25, -0.2) is 4.79 Å². The van der Waals surface area contributed by atoms with E-state index >= 15 is 0 Å². The van der Waals surface area contributed by atoms with Gasteiger partial charge in [-0.05, 0) is 43.9 Å². The number of nitrogens with zero attached hydrogens (tertiary/aromatic N) is 2. The fraction of sp³-hybridized carbons (Fsp3) is 0.636. The van der Waals surface area contributed by atoms with Crippen LogP contribution < -0.4 is 10.6 Å². The highest BCUT2D eigenvalue weighted by Crippen LogP contribution is 2.56. The average molecular weight is 401 g/mol. The molecule has 0 bridgehead atoms. The van der Waals surface area contributed by atoms with Crippen LogP contribution in [0.1, 0.15) is 24.8 Å². The Hall–Kier alpha value is -2.12. The molecule has 1 aromatic carbocycles. The number of anilines is 1. The number of fused-ring (bicyclic) bond motifs is 1. The Kier molecular flexibility index (Phi) is 5.53. The molecular formula is C22H32N4O3. The maximum atomic E-state index is 12.9. The van der Waals surface area contributed by atoms with Gasteiger partial charge in [-0.2, -0.15) is 0 Å². The minimum atomic E-state index is -0.320. The van der Waals surface area contributed by atoms with Crippen LogP contribution in [0, 0.1) is 17.8 Å². The number of aryl methyl sites for hydroxylation is 1. The molecule has 29 heavy (non-hydrogen) atoms. The number of ether oxygens (including phenoxy) is 1.